The Hall–Kier alpha value is -3.95. The van der Waals surface area contributed by atoms with Crippen LogP contribution in [-0.2, 0) is 25.5 Å². The summed E-state index contributed by atoms with van der Waals surface area (Å²) in [4.78, 5) is 48.6. The van der Waals surface area contributed by atoms with E-state index in [4.69, 9.17) is 9.47 Å². The fraction of sp³-hybridized carbons (Fsp3) is 0.457. The van der Waals surface area contributed by atoms with Crippen LogP contribution in [0.2, 0.25) is 0 Å². The van der Waals surface area contributed by atoms with E-state index in [-0.39, 0.29) is 24.3 Å². The van der Waals surface area contributed by atoms with E-state index in [1.165, 1.54) is 0 Å². The molecule has 9 nitrogen and oxygen atoms in total. The number of nitrogens with zero attached hydrogens (tertiary/aromatic N) is 3. The maximum Gasteiger partial charge on any atom is 0.249 e. The van der Waals surface area contributed by atoms with Crippen LogP contribution < -0.4 is 9.64 Å². The van der Waals surface area contributed by atoms with E-state index in [2.05, 4.69) is 6.92 Å². The van der Waals surface area contributed by atoms with Crippen LogP contribution in [-0.4, -0.2) is 89.3 Å². The molecule has 2 saturated heterocycles. The Morgan fingerprint density at radius 1 is 0.977 bits per heavy atom. The van der Waals surface area contributed by atoms with Gasteiger partial charge in [-0.05, 0) is 49.6 Å². The lowest BCUT2D eigenvalue weighted by atomic mass is 9.77. The van der Waals surface area contributed by atoms with Gasteiger partial charge in [0.15, 0.2) is 0 Å². The smallest absolute Gasteiger partial charge is 0.249 e. The van der Waals surface area contributed by atoms with Crippen LogP contribution in [0.1, 0.15) is 32.3 Å². The Morgan fingerprint density at radius 2 is 1.75 bits per heavy atom. The Bertz CT molecular complexity index is 1430. The topological polar surface area (TPSA) is 99.6 Å². The summed E-state index contributed by atoms with van der Waals surface area (Å²) in [5.74, 6) is -1.81. The Labute approximate surface area is 258 Å². The van der Waals surface area contributed by atoms with Crippen LogP contribution >= 0.6 is 0 Å². The first-order valence-corrected chi connectivity index (χ1v) is 15.8. The number of benzene rings is 2. The molecule has 1 N–H and O–H groups in total. The molecule has 2 aromatic rings. The molecule has 4 heterocycles. The van der Waals surface area contributed by atoms with E-state index >= 15 is 0 Å². The molecule has 232 valence electrons. The number of aliphatic hydroxyl groups is 1. The number of carbonyl (C=O) groups excluding carboxylic acids is 3. The number of hydrogen-bond acceptors (Lipinski definition) is 6. The minimum absolute atomic E-state index is 0.206. The molecule has 4 aliphatic rings. The maximum atomic E-state index is 14.7. The molecular formula is C35H41N3O6. The van der Waals surface area contributed by atoms with Crippen LogP contribution in [0.15, 0.2) is 78.9 Å². The number of carbonyl (C=O) groups is 3. The maximum absolute atomic E-state index is 14.7. The number of likely N-dealkylation sites (tertiary alicyclic amines) is 1. The Kier molecular flexibility index (Phi) is 8.60. The molecule has 6 atom stereocenters. The summed E-state index contributed by atoms with van der Waals surface area (Å²) in [5.41, 5.74) is 0.300. The van der Waals surface area contributed by atoms with Gasteiger partial charge in [0.05, 0.1) is 37.2 Å². The van der Waals surface area contributed by atoms with Gasteiger partial charge in [-0.2, -0.15) is 0 Å². The summed E-state index contributed by atoms with van der Waals surface area (Å²) in [7, 11) is 0. The van der Waals surface area contributed by atoms with Gasteiger partial charge in [0.2, 0.25) is 17.7 Å². The van der Waals surface area contributed by atoms with Gasteiger partial charge in [-0.3, -0.25) is 14.4 Å². The molecule has 0 bridgehead atoms. The Morgan fingerprint density at radius 3 is 2.45 bits per heavy atom. The van der Waals surface area contributed by atoms with E-state index in [9.17, 15) is 19.5 Å². The molecule has 0 aromatic heterocycles. The number of fused-ring (bicyclic) bond motifs is 2. The second-order valence-corrected chi connectivity index (χ2v) is 12.0. The molecule has 2 fully saturated rings. The molecule has 4 aliphatic heterocycles. The van der Waals surface area contributed by atoms with Crippen molar-refractivity contribution in [2.75, 3.05) is 37.7 Å². The van der Waals surface area contributed by atoms with Crippen LogP contribution in [0.5, 0.6) is 5.75 Å². The monoisotopic (exact) mass is 599 g/mol. The van der Waals surface area contributed by atoms with Crippen molar-refractivity contribution in [3.63, 3.8) is 0 Å². The number of aliphatic hydroxyl groups excluding tert-OH is 1. The first kappa shape index (κ1) is 30.1. The van der Waals surface area contributed by atoms with E-state index in [1.807, 2.05) is 85.8 Å². The molecule has 6 rings (SSSR count). The predicted octanol–water partition coefficient (Wildman–Crippen LogP) is 3.37. The molecular weight excluding hydrogens is 558 g/mol. The number of rotatable bonds is 10. The number of amides is 3. The van der Waals surface area contributed by atoms with E-state index < -0.39 is 35.6 Å². The highest BCUT2D eigenvalue weighted by Crippen LogP contribution is 2.54. The van der Waals surface area contributed by atoms with E-state index in [0.717, 1.165) is 18.4 Å². The average Bonchev–Trinajstić information content (AvgIpc) is 3.36. The summed E-state index contributed by atoms with van der Waals surface area (Å²) < 4.78 is 12.4. The fourth-order valence-corrected chi connectivity index (χ4v) is 7.32. The van der Waals surface area contributed by atoms with Gasteiger partial charge in [0.1, 0.15) is 17.4 Å². The summed E-state index contributed by atoms with van der Waals surface area (Å²) >= 11 is 0. The standard InChI is InChI=1S/C35H41N3O6/c1-3-5-19-36-20-10-18-35-30(33(41)38(31(35)34(36)42)26(23-39)22-24-11-7-6-8-12-24)29-28(44-35)13-9-21-37(32(29)40)25-14-16-27(17-15-25)43-4-2/h6-18,26,28-31,39H,3-5,19-23H2,1-2H3/t26-,28+,29-,30+,31?,35+/m1/s1. The lowest BCUT2D eigenvalue weighted by molar-refractivity contribution is -0.150. The van der Waals surface area contributed by atoms with Crippen molar-refractivity contribution in [1.82, 2.24) is 9.80 Å². The summed E-state index contributed by atoms with van der Waals surface area (Å²) in [6, 6.07) is 15.3. The van der Waals surface area contributed by atoms with Crippen molar-refractivity contribution >= 4 is 23.4 Å². The lowest BCUT2D eigenvalue weighted by Crippen LogP contribution is -2.58. The van der Waals surface area contributed by atoms with Crippen molar-refractivity contribution in [3.8, 4) is 5.75 Å². The summed E-state index contributed by atoms with van der Waals surface area (Å²) in [5, 5.41) is 10.7. The second kappa shape index (κ2) is 12.6. The van der Waals surface area contributed by atoms with Crippen LogP contribution in [0, 0.1) is 11.8 Å². The average molecular weight is 600 g/mol. The quantitative estimate of drug-likeness (QED) is 0.421. The number of ether oxygens (including phenoxy) is 2. The molecule has 2 aromatic carbocycles. The highest BCUT2D eigenvalue weighted by Gasteiger charge is 2.72. The zero-order valence-electron chi connectivity index (χ0n) is 25.4. The van der Waals surface area contributed by atoms with Gasteiger partial charge in [-0.1, -0.05) is 68.0 Å². The molecule has 0 radical (unpaired) electrons. The first-order valence-electron chi connectivity index (χ1n) is 15.8. The van der Waals surface area contributed by atoms with Crippen molar-refractivity contribution < 1.29 is 29.0 Å². The molecule has 0 aliphatic carbocycles. The largest absolute Gasteiger partial charge is 0.494 e. The van der Waals surface area contributed by atoms with Gasteiger partial charge < -0.3 is 29.3 Å². The normalized spacial score (nSPS) is 28.4. The molecule has 9 heteroatoms. The highest BCUT2D eigenvalue weighted by atomic mass is 16.5. The van der Waals surface area contributed by atoms with Gasteiger partial charge >= 0.3 is 0 Å². The third-order valence-corrected chi connectivity index (χ3v) is 9.34. The molecule has 3 amide bonds. The van der Waals surface area contributed by atoms with Gasteiger partial charge in [0.25, 0.3) is 0 Å². The fourth-order valence-electron chi connectivity index (χ4n) is 7.32. The number of unbranched alkanes of at least 4 members (excludes halogenated alkanes) is 1. The molecule has 1 unspecified atom stereocenters. The SMILES string of the molecule is CCCCN1CC=C[C@]23O[C@H]4C=CCN(c5ccc(OCC)cc5)C(=O)[C@H]4[C@H]2C(=O)N([C@@H](CO)Cc2ccccc2)C3C1=O. The minimum Gasteiger partial charge on any atom is -0.494 e. The van der Waals surface area contributed by atoms with Crippen molar-refractivity contribution in [1.29, 1.82) is 0 Å². The molecule has 0 saturated carbocycles. The van der Waals surface area contributed by atoms with Gasteiger partial charge in [-0.25, -0.2) is 0 Å². The number of anilines is 1. The summed E-state index contributed by atoms with van der Waals surface area (Å²) in [6.45, 7) is 5.48. The lowest BCUT2D eigenvalue weighted by Gasteiger charge is -2.38. The highest BCUT2D eigenvalue weighted by molar-refractivity contribution is 6.04. The zero-order valence-corrected chi connectivity index (χ0v) is 25.4. The zero-order chi connectivity index (χ0) is 30.8. The molecule has 1 spiro atoms. The van der Waals surface area contributed by atoms with Crippen molar-refractivity contribution in [2.24, 2.45) is 11.8 Å². The number of hydrogen-bond donors (Lipinski definition) is 1. The summed E-state index contributed by atoms with van der Waals surface area (Å²) in [6.07, 6.45) is 8.98. The van der Waals surface area contributed by atoms with E-state index in [1.54, 1.807) is 14.7 Å². The third-order valence-electron chi connectivity index (χ3n) is 9.34. The van der Waals surface area contributed by atoms with Crippen molar-refractivity contribution in [3.05, 3.63) is 84.5 Å². The van der Waals surface area contributed by atoms with Gasteiger partial charge in [0, 0.05) is 25.3 Å². The first-order chi connectivity index (χ1) is 21.4. The van der Waals surface area contributed by atoms with Crippen LogP contribution in [0.25, 0.3) is 0 Å². The van der Waals surface area contributed by atoms with Crippen LogP contribution in [0.3, 0.4) is 0 Å². The van der Waals surface area contributed by atoms with E-state index in [0.29, 0.717) is 44.1 Å². The second-order valence-electron chi connectivity index (χ2n) is 12.0. The predicted molar refractivity (Wildman–Crippen MR) is 166 cm³/mol. The minimum atomic E-state index is -1.34. The Balaban J connectivity index is 1.41. The van der Waals surface area contributed by atoms with Gasteiger partial charge in [-0.15, -0.1) is 0 Å². The molecule has 44 heavy (non-hydrogen) atoms. The third kappa shape index (κ3) is 5.12. The van der Waals surface area contributed by atoms with Crippen molar-refractivity contribution in [2.45, 2.75) is 56.9 Å². The van der Waals surface area contributed by atoms with Crippen LogP contribution in [0.4, 0.5) is 5.69 Å².